The van der Waals surface area contributed by atoms with E-state index in [1.165, 1.54) is 5.56 Å². The average molecular weight is 360 g/mol. The van der Waals surface area contributed by atoms with Gasteiger partial charge in [-0.1, -0.05) is 23.7 Å². The van der Waals surface area contributed by atoms with Crippen molar-refractivity contribution >= 4 is 23.4 Å². The topological polar surface area (TPSA) is 76.3 Å². The monoisotopic (exact) mass is 359 g/mol. The van der Waals surface area contributed by atoms with Gasteiger partial charge in [0.15, 0.2) is 0 Å². The van der Waals surface area contributed by atoms with E-state index in [-0.39, 0.29) is 6.10 Å². The summed E-state index contributed by atoms with van der Waals surface area (Å²) in [5.41, 5.74) is 7.79. The molecule has 3 atom stereocenters. The highest BCUT2D eigenvalue weighted by atomic mass is 35.5. The van der Waals surface area contributed by atoms with Crippen LogP contribution in [0.25, 0.3) is 0 Å². The molecule has 0 bridgehead atoms. The van der Waals surface area contributed by atoms with Crippen LogP contribution in [0.4, 0.5) is 11.8 Å². The summed E-state index contributed by atoms with van der Waals surface area (Å²) >= 11 is 5.98. The first kappa shape index (κ1) is 16.6. The Hall–Kier alpha value is -1.89. The number of aromatic nitrogens is 2. The molecule has 2 aliphatic rings. The summed E-state index contributed by atoms with van der Waals surface area (Å²) in [6.45, 7) is 4.54. The standard InChI is InChI=1S/C18H22ClN5O/c1-11-6-17(23-18(20)21-11)22-14-7-15-10-25-16(9-24(15)8-14)12-2-4-13(19)5-3-12/h2-6,14-16H,7-10H2,1H3,(H3,20,21,22,23)/t14-,15+,16-/m1/s1. The Kier molecular flexibility index (Phi) is 4.50. The number of aryl methyl sites for hydroxylation is 1. The van der Waals surface area contributed by atoms with Crippen LogP contribution in [0.1, 0.15) is 23.8 Å². The zero-order chi connectivity index (χ0) is 17.4. The predicted octanol–water partition coefficient (Wildman–Crippen LogP) is 2.65. The number of nitrogens with two attached hydrogens (primary N) is 1. The molecule has 25 heavy (non-hydrogen) atoms. The van der Waals surface area contributed by atoms with Crippen LogP contribution in [0.2, 0.25) is 5.02 Å². The first-order chi connectivity index (χ1) is 12.1. The summed E-state index contributed by atoms with van der Waals surface area (Å²) < 4.78 is 6.10. The predicted molar refractivity (Wildman–Crippen MR) is 98.7 cm³/mol. The van der Waals surface area contributed by atoms with Gasteiger partial charge in [-0.3, -0.25) is 4.90 Å². The van der Waals surface area contributed by atoms with Gasteiger partial charge in [0.2, 0.25) is 5.95 Å². The Balaban J connectivity index is 1.40. The van der Waals surface area contributed by atoms with E-state index >= 15 is 0 Å². The molecule has 0 spiro atoms. The quantitative estimate of drug-likeness (QED) is 0.877. The fourth-order valence-corrected chi connectivity index (χ4v) is 3.86. The van der Waals surface area contributed by atoms with Gasteiger partial charge < -0.3 is 15.8 Å². The lowest BCUT2D eigenvalue weighted by Crippen LogP contribution is -2.42. The molecule has 0 saturated carbocycles. The van der Waals surface area contributed by atoms with Crippen LogP contribution in [0.5, 0.6) is 0 Å². The Morgan fingerprint density at radius 2 is 2.04 bits per heavy atom. The maximum atomic E-state index is 6.10. The number of anilines is 2. The molecule has 2 fully saturated rings. The van der Waals surface area contributed by atoms with E-state index in [0.29, 0.717) is 18.0 Å². The first-order valence-electron chi connectivity index (χ1n) is 8.55. The van der Waals surface area contributed by atoms with Crippen molar-refractivity contribution in [1.29, 1.82) is 0 Å². The molecule has 3 heterocycles. The van der Waals surface area contributed by atoms with Crippen molar-refractivity contribution < 1.29 is 4.74 Å². The molecule has 0 amide bonds. The van der Waals surface area contributed by atoms with Crippen molar-refractivity contribution in [3.63, 3.8) is 0 Å². The third-order valence-electron chi connectivity index (χ3n) is 4.88. The van der Waals surface area contributed by atoms with Gasteiger partial charge in [-0.05, 0) is 31.0 Å². The van der Waals surface area contributed by atoms with Crippen LogP contribution in [0.3, 0.4) is 0 Å². The maximum absolute atomic E-state index is 6.10. The molecule has 1 aromatic carbocycles. The highest BCUT2D eigenvalue weighted by Gasteiger charge is 2.37. The third-order valence-corrected chi connectivity index (χ3v) is 5.14. The van der Waals surface area contributed by atoms with Gasteiger partial charge in [-0.25, -0.2) is 4.98 Å². The van der Waals surface area contributed by atoms with Crippen molar-refractivity contribution in [2.75, 3.05) is 30.7 Å². The molecular weight excluding hydrogens is 338 g/mol. The minimum absolute atomic E-state index is 0.101. The minimum Gasteiger partial charge on any atom is -0.371 e. The highest BCUT2D eigenvalue weighted by molar-refractivity contribution is 6.30. The fraction of sp³-hybridized carbons (Fsp3) is 0.444. The summed E-state index contributed by atoms with van der Waals surface area (Å²) in [6.07, 6.45) is 1.14. The number of hydrogen-bond acceptors (Lipinski definition) is 6. The van der Waals surface area contributed by atoms with Crippen LogP contribution >= 0.6 is 11.6 Å². The lowest BCUT2D eigenvalue weighted by atomic mass is 10.1. The van der Waals surface area contributed by atoms with Gasteiger partial charge in [0.1, 0.15) is 5.82 Å². The lowest BCUT2D eigenvalue weighted by Gasteiger charge is -2.35. The normalized spacial score (nSPS) is 26.4. The van der Waals surface area contributed by atoms with E-state index in [0.717, 1.165) is 42.7 Å². The van der Waals surface area contributed by atoms with Crippen LogP contribution in [0.15, 0.2) is 30.3 Å². The Bertz CT molecular complexity index is 733. The second kappa shape index (κ2) is 6.78. The molecular formula is C18H22ClN5O. The SMILES string of the molecule is Cc1cc(N[C@@H]2C[C@H]3CO[C@@H](c4ccc(Cl)cc4)CN3C2)nc(N)n1. The van der Waals surface area contributed by atoms with Crippen LogP contribution in [0, 0.1) is 6.92 Å². The molecule has 7 heteroatoms. The van der Waals surface area contributed by atoms with E-state index in [1.54, 1.807) is 0 Å². The van der Waals surface area contributed by atoms with Gasteiger partial charge in [0, 0.05) is 42.0 Å². The summed E-state index contributed by atoms with van der Waals surface area (Å²) in [5, 5.41) is 4.25. The van der Waals surface area contributed by atoms with Crippen molar-refractivity contribution in [2.45, 2.75) is 31.5 Å². The number of ether oxygens (including phenoxy) is 1. The van der Waals surface area contributed by atoms with Gasteiger partial charge in [-0.15, -0.1) is 0 Å². The summed E-state index contributed by atoms with van der Waals surface area (Å²) in [5.74, 6) is 1.11. The molecule has 2 aliphatic heterocycles. The van der Waals surface area contributed by atoms with Gasteiger partial charge in [-0.2, -0.15) is 4.98 Å². The molecule has 0 aliphatic carbocycles. The summed E-state index contributed by atoms with van der Waals surface area (Å²) in [6, 6.07) is 10.6. The van der Waals surface area contributed by atoms with Crippen molar-refractivity contribution in [2.24, 2.45) is 0 Å². The number of nitrogens with one attached hydrogen (secondary N) is 1. The smallest absolute Gasteiger partial charge is 0.222 e. The van der Waals surface area contributed by atoms with E-state index in [1.807, 2.05) is 37.3 Å². The van der Waals surface area contributed by atoms with E-state index in [4.69, 9.17) is 22.1 Å². The Labute approximate surface area is 152 Å². The largest absolute Gasteiger partial charge is 0.371 e. The maximum Gasteiger partial charge on any atom is 0.222 e. The molecule has 2 aromatic rings. The first-order valence-corrected chi connectivity index (χ1v) is 8.93. The number of hydrogen-bond donors (Lipinski definition) is 2. The Morgan fingerprint density at radius 3 is 2.80 bits per heavy atom. The Morgan fingerprint density at radius 1 is 1.24 bits per heavy atom. The van der Waals surface area contributed by atoms with Gasteiger partial charge >= 0.3 is 0 Å². The molecule has 3 N–H and O–H groups in total. The van der Waals surface area contributed by atoms with Crippen molar-refractivity contribution in [3.05, 3.63) is 46.6 Å². The average Bonchev–Trinajstić information content (AvgIpc) is 2.95. The molecule has 2 saturated heterocycles. The zero-order valence-electron chi connectivity index (χ0n) is 14.2. The molecule has 0 radical (unpaired) electrons. The summed E-state index contributed by atoms with van der Waals surface area (Å²) in [4.78, 5) is 10.9. The molecule has 6 nitrogen and oxygen atoms in total. The number of fused-ring (bicyclic) bond motifs is 1. The third kappa shape index (κ3) is 3.71. The second-order valence-electron chi connectivity index (χ2n) is 6.81. The van der Waals surface area contributed by atoms with Crippen LogP contribution < -0.4 is 11.1 Å². The van der Waals surface area contributed by atoms with Crippen LogP contribution in [-0.4, -0.2) is 46.6 Å². The summed E-state index contributed by atoms with van der Waals surface area (Å²) in [7, 11) is 0. The van der Waals surface area contributed by atoms with Gasteiger partial charge in [0.25, 0.3) is 0 Å². The molecule has 1 aromatic heterocycles. The van der Waals surface area contributed by atoms with Crippen molar-refractivity contribution in [1.82, 2.24) is 14.9 Å². The minimum atomic E-state index is 0.101. The number of nitrogen functional groups attached to an aromatic ring is 1. The molecule has 4 rings (SSSR count). The molecule has 0 unspecified atom stereocenters. The molecule has 132 valence electrons. The van der Waals surface area contributed by atoms with Crippen molar-refractivity contribution in [3.8, 4) is 0 Å². The number of rotatable bonds is 3. The van der Waals surface area contributed by atoms with E-state index in [2.05, 4.69) is 20.2 Å². The number of nitrogens with zero attached hydrogens (tertiary/aromatic N) is 3. The van der Waals surface area contributed by atoms with Gasteiger partial charge in [0.05, 0.1) is 12.7 Å². The highest BCUT2D eigenvalue weighted by Crippen LogP contribution is 2.31. The number of halogens is 1. The second-order valence-corrected chi connectivity index (χ2v) is 7.25. The number of benzene rings is 1. The van der Waals surface area contributed by atoms with E-state index < -0.39 is 0 Å². The van der Waals surface area contributed by atoms with E-state index in [9.17, 15) is 0 Å². The lowest BCUT2D eigenvalue weighted by molar-refractivity contribution is -0.0501. The number of morpholine rings is 1. The zero-order valence-corrected chi connectivity index (χ0v) is 14.9. The van der Waals surface area contributed by atoms with Crippen LogP contribution in [-0.2, 0) is 4.74 Å². The fourth-order valence-electron chi connectivity index (χ4n) is 3.73.